The van der Waals surface area contributed by atoms with Gasteiger partial charge in [0.25, 0.3) is 0 Å². The van der Waals surface area contributed by atoms with Crippen molar-refractivity contribution in [2.24, 2.45) is 16.2 Å². The van der Waals surface area contributed by atoms with E-state index in [0.717, 1.165) is 25.9 Å². The predicted molar refractivity (Wildman–Crippen MR) is 90.9 cm³/mol. The zero-order valence-corrected chi connectivity index (χ0v) is 15.4. The van der Waals surface area contributed by atoms with Gasteiger partial charge >= 0.3 is 0 Å². The highest BCUT2D eigenvalue weighted by Gasteiger charge is 2.63. The predicted octanol–water partition coefficient (Wildman–Crippen LogP) is 2.99. The Morgan fingerprint density at radius 3 is 2.67 bits per heavy atom. The average molecular weight is 335 g/mol. The lowest BCUT2D eigenvalue weighted by molar-refractivity contribution is -0.134. The third kappa shape index (κ3) is 2.45. The van der Waals surface area contributed by atoms with Gasteiger partial charge < -0.3 is 9.80 Å². The molecule has 3 aliphatic rings. The number of nitriles is 1. The number of fused-ring (bicyclic) bond motifs is 2. The summed E-state index contributed by atoms with van der Waals surface area (Å²) >= 11 is 0. The topological polar surface area (TPSA) is 47.3 Å². The largest absolute Gasteiger partial charge is 0.324 e. The van der Waals surface area contributed by atoms with Crippen LogP contribution in [0.3, 0.4) is 0 Å². The normalized spacial score (nSPS) is 41.4. The number of likely N-dealkylation sites (tertiary alicyclic amines) is 2. The maximum atomic E-state index is 13.6. The van der Waals surface area contributed by atoms with Gasteiger partial charge in [0.15, 0.2) is 0 Å². The lowest BCUT2D eigenvalue weighted by atomic mass is 9.55. The zero-order valence-electron chi connectivity index (χ0n) is 15.4. The van der Waals surface area contributed by atoms with Gasteiger partial charge in [0.2, 0.25) is 5.91 Å². The van der Waals surface area contributed by atoms with E-state index in [4.69, 9.17) is 5.26 Å². The lowest BCUT2D eigenvalue weighted by Crippen LogP contribution is -2.57. The van der Waals surface area contributed by atoms with Crippen LogP contribution in [0.15, 0.2) is 0 Å². The van der Waals surface area contributed by atoms with Crippen molar-refractivity contribution in [3.05, 3.63) is 0 Å². The smallest absolute Gasteiger partial charge is 0.223 e. The van der Waals surface area contributed by atoms with E-state index in [2.05, 4.69) is 38.8 Å². The van der Waals surface area contributed by atoms with Crippen LogP contribution < -0.4 is 0 Å². The molecule has 2 saturated heterocycles. The highest BCUT2D eigenvalue weighted by Crippen LogP contribution is 2.67. The van der Waals surface area contributed by atoms with Gasteiger partial charge in [-0.05, 0) is 42.6 Å². The number of amides is 1. The van der Waals surface area contributed by atoms with Crippen LogP contribution in [0, 0.1) is 27.6 Å². The molecule has 4 nitrogen and oxygen atoms in total. The first kappa shape index (κ1) is 17.7. The Morgan fingerprint density at radius 2 is 2.00 bits per heavy atom. The number of halogens is 1. The van der Waals surface area contributed by atoms with Crippen molar-refractivity contribution < 1.29 is 9.18 Å². The minimum atomic E-state index is -1.05. The number of rotatable bonds is 3. The van der Waals surface area contributed by atoms with E-state index in [1.54, 1.807) is 0 Å². The van der Waals surface area contributed by atoms with Gasteiger partial charge in [-0.3, -0.25) is 4.79 Å². The SMILES string of the molecule is CN1C[C@]2(C)CC[C@](CCC(=O)N3C[C@@H](F)C[C@H]3C#N)(C1)C2(C)C. The van der Waals surface area contributed by atoms with E-state index in [-0.39, 0.29) is 35.1 Å². The van der Waals surface area contributed by atoms with Crippen molar-refractivity contribution in [3.8, 4) is 6.07 Å². The first-order valence-electron chi connectivity index (χ1n) is 9.16. The summed E-state index contributed by atoms with van der Waals surface area (Å²) in [6.07, 6.45) is 2.74. The quantitative estimate of drug-likeness (QED) is 0.796. The van der Waals surface area contributed by atoms with Gasteiger partial charge in [0.1, 0.15) is 12.2 Å². The molecule has 5 heteroatoms. The van der Waals surface area contributed by atoms with E-state index < -0.39 is 12.2 Å². The number of alkyl halides is 1. The van der Waals surface area contributed by atoms with Gasteiger partial charge in [-0.2, -0.15) is 5.26 Å². The van der Waals surface area contributed by atoms with E-state index in [9.17, 15) is 9.18 Å². The maximum Gasteiger partial charge on any atom is 0.223 e. The van der Waals surface area contributed by atoms with E-state index in [1.807, 2.05) is 0 Å². The molecule has 0 unspecified atom stereocenters. The summed E-state index contributed by atoms with van der Waals surface area (Å²) in [5.41, 5.74) is 0.617. The molecule has 3 fully saturated rings. The third-order valence-corrected chi connectivity index (χ3v) is 7.72. The molecule has 0 spiro atoms. The molecule has 0 radical (unpaired) electrons. The maximum absolute atomic E-state index is 13.6. The molecule has 2 bridgehead atoms. The standard InChI is InChI=1S/C19H30FN3O/c1-17(2)18(3)7-8-19(17,13-22(4)12-18)6-5-16(24)23-11-14(20)9-15(23)10-21/h14-15H,5-9,11-13H2,1-4H3/t14-,15-,18-,19+/m0/s1. The zero-order chi connectivity index (χ0) is 17.8. The molecule has 0 aromatic heterocycles. The van der Waals surface area contributed by atoms with Crippen molar-refractivity contribution >= 4 is 5.91 Å². The van der Waals surface area contributed by atoms with Crippen LogP contribution in [0.1, 0.15) is 52.9 Å². The van der Waals surface area contributed by atoms with Crippen LogP contribution in [-0.2, 0) is 4.79 Å². The van der Waals surface area contributed by atoms with E-state index >= 15 is 0 Å². The van der Waals surface area contributed by atoms with Gasteiger partial charge in [-0.25, -0.2) is 4.39 Å². The molecule has 1 aliphatic carbocycles. The fourth-order valence-corrected chi connectivity index (χ4v) is 5.69. The van der Waals surface area contributed by atoms with Gasteiger partial charge in [-0.15, -0.1) is 0 Å². The third-order valence-electron chi connectivity index (χ3n) is 7.72. The monoisotopic (exact) mass is 335 g/mol. The van der Waals surface area contributed by atoms with Gasteiger partial charge in [-0.1, -0.05) is 20.8 Å². The molecule has 3 rings (SSSR count). The number of hydrogen-bond donors (Lipinski definition) is 0. The van der Waals surface area contributed by atoms with Crippen molar-refractivity contribution in [1.82, 2.24) is 9.80 Å². The van der Waals surface area contributed by atoms with Crippen molar-refractivity contribution in [3.63, 3.8) is 0 Å². The van der Waals surface area contributed by atoms with Crippen LogP contribution in [0.4, 0.5) is 4.39 Å². The lowest BCUT2D eigenvalue weighted by Gasteiger charge is -2.56. The molecule has 2 aliphatic heterocycles. The molecule has 134 valence electrons. The molecule has 0 aromatic rings. The summed E-state index contributed by atoms with van der Waals surface area (Å²) < 4.78 is 13.6. The molecular formula is C19H30FN3O. The van der Waals surface area contributed by atoms with Crippen LogP contribution in [0.25, 0.3) is 0 Å². The molecule has 4 atom stereocenters. The summed E-state index contributed by atoms with van der Waals surface area (Å²) in [6, 6.07) is 1.50. The summed E-state index contributed by atoms with van der Waals surface area (Å²) in [5, 5.41) is 9.16. The Hall–Kier alpha value is -1.15. The second-order valence-corrected chi connectivity index (χ2v) is 9.16. The first-order valence-corrected chi connectivity index (χ1v) is 9.16. The van der Waals surface area contributed by atoms with Crippen molar-refractivity contribution in [2.75, 3.05) is 26.7 Å². The number of carbonyl (C=O) groups excluding carboxylic acids is 1. The molecule has 1 amide bonds. The second-order valence-electron chi connectivity index (χ2n) is 9.16. The summed E-state index contributed by atoms with van der Waals surface area (Å²) in [5.74, 6) is -0.0475. The molecule has 0 aromatic carbocycles. The summed E-state index contributed by atoms with van der Waals surface area (Å²) in [7, 11) is 2.18. The molecular weight excluding hydrogens is 305 g/mol. The number of nitrogens with zero attached hydrogens (tertiary/aromatic N) is 3. The fourth-order valence-electron chi connectivity index (χ4n) is 5.69. The Kier molecular flexibility index (Phi) is 4.19. The second kappa shape index (κ2) is 5.69. The van der Waals surface area contributed by atoms with Crippen LogP contribution in [-0.4, -0.2) is 54.6 Å². The van der Waals surface area contributed by atoms with Gasteiger partial charge in [0, 0.05) is 25.9 Å². The van der Waals surface area contributed by atoms with Crippen LogP contribution in [0.5, 0.6) is 0 Å². The van der Waals surface area contributed by atoms with E-state index in [0.29, 0.717) is 6.42 Å². The van der Waals surface area contributed by atoms with Crippen LogP contribution >= 0.6 is 0 Å². The Labute approximate surface area is 145 Å². The molecule has 1 saturated carbocycles. The Bertz CT molecular complexity index is 571. The Balaban J connectivity index is 1.72. The highest BCUT2D eigenvalue weighted by atomic mass is 19.1. The number of carbonyl (C=O) groups is 1. The number of hydrogen-bond acceptors (Lipinski definition) is 3. The van der Waals surface area contributed by atoms with Crippen molar-refractivity contribution in [2.45, 2.75) is 65.1 Å². The number of piperidine rings is 1. The minimum Gasteiger partial charge on any atom is -0.324 e. The first-order chi connectivity index (χ1) is 11.1. The van der Waals surface area contributed by atoms with Crippen LogP contribution in [0.2, 0.25) is 0 Å². The average Bonchev–Trinajstić information content (AvgIpc) is 2.90. The molecule has 2 heterocycles. The minimum absolute atomic E-state index is 0.0475. The van der Waals surface area contributed by atoms with E-state index in [1.165, 1.54) is 11.3 Å². The fraction of sp³-hybridized carbons (Fsp3) is 0.895. The molecule has 0 N–H and O–H groups in total. The highest BCUT2D eigenvalue weighted by molar-refractivity contribution is 5.77. The summed E-state index contributed by atoms with van der Waals surface area (Å²) in [4.78, 5) is 16.5. The summed E-state index contributed by atoms with van der Waals surface area (Å²) in [6.45, 7) is 9.33. The Morgan fingerprint density at radius 1 is 1.29 bits per heavy atom. The molecule has 24 heavy (non-hydrogen) atoms. The van der Waals surface area contributed by atoms with Gasteiger partial charge in [0.05, 0.1) is 12.6 Å². The van der Waals surface area contributed by atoms with Crippen molar-refractivity contribution in [1.29, 1.82) is 5.26 Å².